The van der Waals surface area contributed by atoms with E-state index in [-0.39, 0.29) is 29.4 Å². The van der Waals surface area contributed by atoms with Crippen LogP contribution in [0, 0.1) is 24.1 Å². The minimum Gasteiger partial charge on any atom is -0.494 e. The molecule has 4 nitrogen and oxygen atoms in total. The first-order chi connectivity index (χ1) is 8.54. The number of rotatable bonds is 2. The molecule has 0 radical (unpaired) electrons. The third-order valence-electron chi connectivity index (χ3n) is 2.64. The fourth-order valence-corrected chi connectivity index (χ4v) is 1.78. The number of aromatic hydroxyl groups is 2. The minimum atomic E-state index is -0.565. The molecule has 92 valence electrons. The Hall–Kier alpha value is -2.48. The van der Waals surface area contributed by atoms with Gasteiger partial charge in [0.05, 0.1) is 18.2 Å². The molecule has 0 bridgehead atoms. The summed E-state index contributed by atoms with van der Waals surface area (Å²) in [5.41, 5.74) is 1.10. The van der Waals surface area contributed by atoms with Crippen LogP contribution in [0.4, 0.5) is 4.39 Å². The Balaban J connectivity index is 2.64. The summed E-state index contributed by atoms with van der Waals surface area (Å²) in [5, 5.41) is 28.2. The van der Waals surface area contributed by atoms with Crippen molar-refractivity contribution in [3.8, 4) is 23.5 Å². The van der Waals surface area contributed by atoms with E-state index in [0.717, 1.165) is 10.1 Å². The molecule has 0 amide bonds. The highest BCUT2D eigenvalue weighted by Crippen LogP contribution is 2.33. The highest BCUT2D eigenvalue weighted by atomic mass is 19.1. The van der Waals surface area contributed by atoms with E-state index in [1.807, 2.05) is 6.07 Å². The van der Waals surface area contributed by atoms with Gasteiger partial charge in [-0.3, -0.25) is 0 Å². The fourth-order valence-electron chi connectivity index (χ4n) is 1.78. The van der Waals surface area contributed by atoms with Crippen molar-refractivity contribution < 1.29 is 14.6 Å². The lowest BCUT2D eigenvalue weighted by Gasteiger charge is -2.09. The topological polar surface area (TPSA) is 69.2 Å². The highest BCUT2D eigenvalue weighted by Gasteiger charge is 2.17. The van der Waals surface area contributed by atoms with Crippen LogP contribution < -0.4 is 0 Å². The van der Waals surface area contributed by atoms with Crippen molar-refractivity contribution >= 4 is 0 Å². The third kappa shape index (κ3) is 1.89. The molecule has 0 spiro atoms. The molecule has 0 aliphatic heterocycles. The van der Waals surface area contributed by atoms with Gasteiger partial charge in [0.15, 0.2) is 5.88 Å². The number of nitrogens with zero attached hydrogens (tertiary/aromatic N) is 2. The molecule has 2 N–H and O–H groups in total. The number of halogens is 1. The van der Waals surface area contributed by atoms with Crippen molar-refractivity contribution in [2.75, 3.05) is 0 Å². The molecule has 0 atom stereocenters. The van der Waals surface area contributed by atoms with Gasteiger partial charge in [-0.2, -0.15) is 5.26 Å². The zero-order chi connectivity index (χ0) is 13.3. The molecule has 0 unspecified atom stereocenters. The van der Waals surface area contributed by atoms with E-state index in [1.165, 1.54) is 18.2 Å². The molecule has 1 aromatic heterocycles. The zero-order valence-corrected chi connectivity index (χ0v) is 9.68. The van der Waals surface area contributed by atoms with Gasteiger partial charge in [-0.25, -0.2) is 8.96 Å². The van der Waals surface area contributed by atoms with Gasteiger partial charge in [-0.15, -0.1) is 0 Å². The van der Waals surface area contributed by atoms with Gasteiger partial charge < -0.3 is 10.2 Å². The molecular formula is C13H11FN2O2. The highest BCUT2D eigenvalue weighted by molar-refractivity contribution is 5.49. The third-order valence-corrected chi connectivity index (χ3v) is 2.64. The summed E-state index contributed by atoms with van der Waals surface area (Å²) >= 11 is 0. The predicted octanol–water partition coefficient (Wildman–Crippen LogP) is 2.40. The van der Waals surface area contributed by atoms with Gasteiger partial charge >= 0.3 is 0 Å². The summed E-state index contributed by atoms with van der Waals surface area (Å²) < 4.78 is 14.7. The van der Waals surface area contributed by atoms with E-state index < -0.39 is 5.82 Å². The number of benzene rings is 1. The monoisotopic (exact) mass is 246 g/mol. The van der Waals surface area contributed by atoms with Crippen LogP contribution in [0.15, 0.2) is 24.3 Å². The van der Waals surface area contributed by atoms with Gasteiger partial charge in [0.2, 0.25) is 5.88 Å². The quantitative estimate of drug-likeness (QED) is 0.854. The number of aryl methyl sites for hydroxylation is 1. The maximum absolute atomic E-state index is 13.7. The van der Waals surface area contributed by atoms with Gasteiger partial charge in [0.1, 0.15) is 5.82 Å². The summed E-state index contributed by atoms with van der Waals surface area (Å²) in [6, 6.07) is 7.47. The van der Waals surface area contributed by atoms with E-state index in [9.17, 15) is 14.6 Å². The molecule has 0 saturated carbocycles. The molecule has 1 aromatic carbocycles. The van der Waals surface area contributed by atoms with Gasteiger partial charge in [-0.05, 0) is 24.6 Å². The first-order valence-corrected chi connectivity index (χ1v) is 5.30. The van der Waals surface area contributed by atoms with Crippen LogP contribution in [0.1, 0.15) is 11.1 Å². The summed E-state index contributed by atoms with van der Waals surface area (Å²) in [5.74, 6) is -1.19. The minimum absolute atomic E-state index is 0.0502. The van der Waals surface area contributed by atoms with Crippen LogP contribution in [0.2, 0.25) is 0 Å². The Morgan fingerprint density at radius 2 is 2.06 bits per heavy atom. The Kier molecular flexibility index (Phi) is 2.94. The van der Waals surface area contributed by atoms with E-state index in [2.05, 4.69) is 0 Å². The summed E-state index contributed by atoms with van der Waals surface area (Å²) in [6.45, 7) is 1.77. The number of hydrogen-bond donors (Lipinski definition) is 2. The van der Waals surface area contributed by atoms with Crippen molar-refractivity contribution in [3.63, 3.8) is 0 Å². The SMILES string of the molecule is Cc1ccc(F)c(-n2c(O)cc(CC#N)c2O)c1. The average Bonchev–Trinajstić information content (AvgIpc) is 2.59. The maximum Gasteiger partial charge on any atom is 0.203 e. The van der Waals surface area contributed by atoms with Gasteiger partial charge in [0, 0.05) is 11.6 Å². The number of hydrogen-bond acceptors (Lipinski definition) is 3. The zero-order valence-electron chi connectivity index (χ0n) is 9.68. The van der Waals surface area contributed by atoms with Crippen LogP contribution in [0.5, 0.6) is 11.8 Å². The van der Waals surface area contributed by atoms with E-state index in [4.69, 9.17) is 5.26 Å². The molecule has 18 heavy (non-hydrogen) atoms. The lowest BCUT2D eigenvalue weighted by atomic mass is 10.2. The van der Waals surface area contributed by atoms with Crippen molar-refractivity contribution in [1.82, 2.24) is 4.57 Å². The predicted molar refractivity (Wildman–Crippen MR) is 63.1 cm³/mol. The van der Waals surface area contributed by atoms with Crippen LogP contribution in [0.3, 0.4) is 0 Å². The fraction of sp³-hybridized carbons (Fsp3) is 0.154. The normalized spacial score (nSPS) is 10.3. The average molecular weight is 246 g/mol. The number of aromatic nitrogens is 1. The smallest absolute Gasteiger partial charge is 0.203 e. The van der Waals surface area contributed by atoms with Gasteiger partial charge in [-0.1, -0.05) is 6.07 Å². The first-order valence-electron chi connectivity index (χ1n) is 5.30. The van der Waals surface area contributed by atoms with Crippen LogP contribution in [0.25, 0.3) is 5.69 Å². The summed E-state index contributed by atoms with van der Waals surface area (Å²) in [6.07, 6.45) is -0.0557. The first kappa shape index (κ1) is 12.0. The van der Waals surface area contributed by atoms with Crippen LogP contribution in [-0.4, -0.2) is 14.8 Å². The maximum atomic E-state index is 13.7. The lowest BCUT2D eigenvalue weighted by Crippen LogP contribution is -1.97. The molecule has 1 heterocycles. The van der Waals surface area contributed by atoms with Crippen LogP contribution in [-0.2, 0) is 6.42 Å². The molecule has 2 rings (SSSR count). The van der Waals surface area contributed by atoms with Crippen molar-refractivity contribution in [1.29, 1.82) is 5.26 Å². The summed E-state index contributed by atoms with van der Waals surface area (Å²) in [4.78, 5) is 0. The Morgan fingerprint density at radius 3 is 2.72 bits per heavy atom. The van der Waals surface area contributed by atoms with Crippen molar-refractivity contribution in [2.24, 2.45) is 0 Å². The second-order valence-electron chi connectivity index (χ2n) is 3.98. The molecule has 0 aliphatic carbocycles. The molecule has 0 saturated heterocycles. The lowest BCUT2D eigenvalue weighted by molar-refractivity contribution is 0.397. The van der Waals surface area contributed by atoms with E-state index >= 15 is 0 Å². The molecule has 0 aliphatic rings. The molecule has 2 aromatic rings. The molecule has 0 fully saturated rings. The Bertz CT molecular complexity index is 641. The summed E-state index contributed by atoms with van der Waals surface area (Å²) in [7, 11) is 0. The van der Waals surface area contributed by atoms with Gasteiger partial charge in [0.25, 0.3) is 0 Å². The van der Waals surface area contributed by atoms with E-state index in [0.29, 0.717) is 0 Å². The largest absolute Gasteiger partial charge is 0.494 e. The van der Waals surface area contributed by atoms with Crippen LogP contribution >= 0.6 is 0 Å². The van der Waals surface area contributed by atoms with E-state index in [1.54, 1.807) is 13.0 Å². The number of nitriles is 1. The van der Waals surface area contributed by atoms with Crippen molar-refractivity contribution in [3.05, 3.63) is 41.2 Å². The standard InChI is InChI=1S/C13H11FN2O2/c1-8-2-3-10(14)11(6-8)16-12(17)7-9(4-5-15)13(16)18/h2-3,6-7,17-18H,4H2,1H3. The Labute approximate surface area is 103 Å². The van der Waals surface area contributed by atoms with Crippen molar-refractivity contribution in [2.45, 2.75) is 13.3 Å². The Morgan fingerprint density at radius 1 is 1.33 bits per heavy atom. The molecular weight excluding hydrogens is 235 g/mol. The second-order valence-corrected chi connectivity index (χ2v) is 3.98. The molecule has 5 heteroatoms. The second kappa shape index (κ2) is 4.41.